The van der Waals surface area contributed by atoms with E-state index in [2.05, 4.69) is 11.4 Å². The topological polar surface area (TPSA) is 76.4 Å². The maximum Gasteiger partial charge on any atom is 0.256 e. The van der Waals surface area contributed by atoms with Gasteiger partial charge in [-0.1, -0.05) is 25.4 Å². The Kier molecular flexibility index (Phi) is 6.79. The molecule has 1 atom stereocenters. The van der Waals surface area contributed by atoms with Crippen molar-refractivity contribution < 1.29 is 14.0 Å². The van der Waals surface area contributed by atoms with Crippen LogP contribution in [0.3, 0.4) is 0 Å². The van der Waals surface area contributed by atoms with Crippen molar-refractivity contribution in [2.45, 2.75) is 26.3 Å². The van der Waals surface area contributed by atoms with Crippen LogP contribution in [0.25, 0.3) is 0 Å². The quantitative estimate of drug-likeness (QED) is 0.831. The van der Waals surface area contributed by atoms with Gasteiger partial charge in [-0.3, -0.25) is 14.5 Å². The Balaban J connectivity index is 1.90. The number of carbonyl (C=O) groups is 2. The van der Waals surface area contributed by atoms with Gasteiger partial charge in [0.1, 0.15) is 11.4 Å². The van der Waals surface area contributed by atoms with Gasteiger partial charge >= 0.3 is 0 Å². The van der Waals surface area contributed by atoms with Crippen molar-refractivity contribution in [2.75, 3.05) is 32.7 Å². The smallest absolute Gasteiger partial charge is 0.256 e. The maximum absolute atomic E-state index is 13.9. The average Bonchev–Trinajstić information content (AvgIpc) is 2.63. The Hall–Kier alpha value is -2.17. The monoisotopic (exact) mass is 394 g/mol. The number of hydrogen-bond donors (Lipinski definition) is 1. The number of piperazine rings is 1. The summed E-state index contributed by atoms with van der Waals surface area (Å²) in [5.41, 5.74) is -0.964. The first-order valence-electron chi connectivity index (χ1n) is 8.85. The third-order valence-corrected chi connectivity index (χ3v) is 5.21. The number of carbonyl (C=O) groups excluding carboxylic acids is 2. The van der Waals surface area contributed by atoms with Gasteiger partial charge < -0.3 is 10.2 Å². The minimum absolute atomic E-state index is 0.0199. The average molecular weight is 395 g/mol. The first-order valence-corrected chi connectivity index (χ1v) is 9.23. The van der Waals surface area contributed by atoms with E-state index >= 15 is 0 Å². The van der Waals surface area contributed by atoms with Crippen LogP contribution < -0.4 is 5.32 Å². The molecule has 0 aliphatic carbocycles. The van der Waals surface area contributed by atoms with Gasteiger partial charge in [-0.25, -0.2) is 4.39 Å². The molecule has 0 spiro atoms. The molecule has 1 fully saturated rings. The second kappa shape index (κ2) is 8.68. The summed E-state index contributed by atoms with van der Waals surface area (Å²) in [4.78, 5) is 28.2. The Bertz CT molecular complexity index is 757. The van der Waals surface area contributed by atoms with Gasteiger partial charge in [0.15, 0.2) is 0 Å². The van der Waals surface area contributed by atoms with E-state index in [1.165, 1.54) is 18.2 Å². The SMILES string of the molecule is CC(C)C(C)(C#N)NC(=O)CN1CCN(C(=O)c2cc(Cl)ccc2F)CC1. The zero-order valence-corrected chi connectivity index (χ0v) is 16.5. The van der Waals surface area contributed by atoms with Gasteiger partial charge in [0.25, 0.3) is 5.91 Å². The Morgan fingerprint density at radius 3 is 2.52 bits per heavy atom. The van der Waals surface area contributed by atoms with E-state index in [1.54, 1.807) is 11.8 Å². The minimum Gasteiger partial charge on any atom is -0.337 e. The lowest BCUT2D eigenvalue weighted by molar-refractivity contribution is -0.124. The molecule has 8 heteroatoms. The summed E-state index contributed by atoms with van der Waals surface area (Å²) in [7, 11) is 0. The number of halogens is 2. The lowest BCUT2D eigenvalue weighted by atomic mass is 9.90. The number of amides is 2. The van der Waals surface area contributed by atoms with Crippen LogP contribution in [-0.4, -0.2) is 59.9 Å². The zero-order chi connectivity index (χ0) is 20.2. The molecule has 1 saturated heterocycles. The number of nitrogens with one attached hydrogen (secondary N) is 1. The van der Waals surface area contributed by atoms with Crippen molar-refractivity contribution in [1.29, 1.82) is 5.26 Å². The lowest BCUT2D eigenvalue weighted by Gasteiger charge is -2.35. The predicted molar refractivity (Wildman–Crippen MR) is 101 cm³/mol. The molecule has 6 nitrogen and oxygen atoms in total. The largest absolute Gasteiger partial charge is 0.337 e. The Morgan fingerprint density at radius 1 is 1.33 bits per heavy atom. The summed E-state index contributed by atoms with van der Waals surface area (Å²) in [6.45, 7) is 7.36. The van der Waals surface area contributed by atoms with E-state index in [1.807, 2.05) is 18.7 Å². The van der Waals surface area contributed by atoms with E-state index in [0.717, 1.165) is 0 Å². The van der Waals surface area contributed by atoms with E-state index < -0.39 is 17.3 Å². The fourth-order valence-electron chi connectivity index (χ4n) is 2.77. The molecule has 0 radical (unpaired) electrons. The van der Waals surface area contributed by atoms with Crippen LogP contribution in [0.2, 0.25) is 5.02 Å². The molecule has 146 valence electrons. The van der Waals surface area contributed by atoms with Crippen molar-refractivity contribution >= 4 is 23.4 Å². The molecule has 0 aromatic heterocycles. The molecule has 1 heterocycles. The van der Waals surface area contributed by atoms with Crippen LogP contribution in [0.5, 0.6) is 0 Å². The molecule has 0 saturated carbocycles. The molecular weight excluding hydrogens is 371 g/mol. The molecule has 1 aliphatic heterocycles. The molecule has 1 unspecified atom stereocenters. The van der Waals surface area contributed by atoms with Gasteiger partial charge in [-0.2, -0.15) is 5.26 Å². The van der Waals surface area contributed by atoms with E-state index in [-0.39, 0.29) is 23.9 Å². The second-order valence-corrected chi connectivity index (χ2v) is 7.65. The Labute approximate surface area is 163 Å². The van der Waals surface area contributed by atoms with E-state index in [9.17, 15) is 19.2 Å². The number of nitrogens with zero attached hydrogens (tertiary/aromatic N) is 3. The van der Waals surface area contributed by atoms with Crippen molar-refractivity contribution in [3.8, 4) is 6.07 Å². The van der Waals surface area contributed by atoms with Crippen molar-refractivity contribution in [2.24, 2.45) is 5.92 Å². The molecule has 1 N–H and O–H groups in total. The van der Waals surface area contributed by atoms with Gasteiger partial charge in [-0.05, 0) is 31.0 Å². The highest BCUT2D eigenvalue weighted by Crippen LogP contribution is 2.18. The number of nitriles is 1. The molecule has 0 bridgehead atoms. The fraction of sp³-hybridized carbons (Fsp3) is 0.526. The van der Waals surface area contributed by atoms with E-state index in [4.69, 9.17) is 11.6 Å². The molecule has 27 heavy (non-hydrogen) atoms. The summed E-state index contributed by atoms with van der Waals surface area (Å²) in [6.07, 6.45) is 0. The molecule has 1 aromatic carbocycles. The van der Waals surface area contributed by atoms with Crippen molar-refractivity contribution in [3.63, 3.8) is 0 Å². The minimum atomic E-state index is -0.918. The first-order chi connectivity index (χ1) is 12.7. The summed E-state index contributed by atoms with van der Waals surface area (Å²) < 4.78 is 13.9. The molecule has 2 rings (SSSR count). The van der Waals surface area contributed by atoms with Crippen molar-refractivity contribution in [3.05, 3.63) is 34.6 Å². The van der Waals surface area contributed by atoms with Crippen LogP contribution in [0, 0.1) is 23.1 Å². The van der Waals surface area contributed by atoms with Gasteiger partial charge in [0, 0.05) is 31.2 Å². The highest BCUT2D eigenvalue weighted by atomic mass is 35.5. The standard InChI is InChI=1S/C19H24ClFN4O2/c1-13(2)19(3,12-22)23-17(26)11-24-6-8-25(9-7-24)18(27)15-10-14(20)4-5-16(15)21/h4-5,10,13H,6-9,11H2,1-3H3,(H,23,26). The van der Waals surface area contributed by atoms with Crippen LogP contribution in [0.4, 0.5) is 4.39 Å². The third kappa shape index (κ3) is 5.18. The highest BCUT2D eigenvalue weighted by molar-refractivity contribution is 6.31. The van der Waals surface area contributed by atoms with Crippen LogP contribution in [0.15, 0.2) is 18.2 Å². The molecule has 1 aliphatic rings. The summed E-state index contributed by atoms with van der Waals surface area (Å²) in [6, 6.07) is 6.05. The number of benzene rings is 1. The number of hydrogen-bond acceptors (Lipinski definition) is 4. The summed E-state index contributed by atoms with van der Waals surface area (Å²) in [5, 5.41) is 12.4. The fourth-order valence-corrected chi connectivity index (χ4v) is 2.95. The molecule has 2 amide bonds. The Morgan fingerprint density at radius 2 is 1.96 bits per heavy atom. The van der Waals surface area contributed by atoms with Crippen LogP contribution >= 0.6 is 11.6 Å². The van der Waals surface area contributed by atoms with Crippen LogP contribution in [-0.2, 0) is 4.79 Å². The maximum atomic E-state index is 13.9. The van der Waals surface area contributed by atoms with Crippen molar-refractivity contribution in [1.82, 2.24) is 15.1 Å². The van der Waals surface area contributed by atoms with Gasteiger partial charge in [0.2, 0.25) is 5.91 Å². The van der Waals surface area contributed by atoms with Gasteiger partial charge in [-0.15, -0.1) is 0 Å². The normalized spacial score (nSPS) is 17.3. The lowest BCUT2D eigenvalue weighted by Crippen LogP contribution is -2.55. The summed E-state index contributed by atoms with van der Waals surface area (Å²) >= 11 is 5.85. The molecule has 1 aromatic rings. The third-order valence-electron chi connectivity index (χ3n) is 4.97. The van der Waals surface area contributed by atoms with Crippen LogP contribution in [0.1, 0.15) is 31.1 Å². The number of rotatable bonds is 5. The highest BCUT2D eigenvalue weighted by Gasteiger charge is 2.31. The summed E-state index contributed by atoms with van der Waals surface area (Å²) in [5.74, 6) is -1.26. The predicted octanol–water partition coefficient (Wildman–Crippen LogP) is 2.29. The zero-order valence-electron chi connectivity index (χ0n) is 15.8. The van der Waals surface area contributed by atoms with Gasteiger partial charge in [0.05, 0.1) is 18.2 Å². The van der Waals surface area contributed by atoms with E-state index in [0.29, 0.717) is 31.2 Å². The molecular formula is C19H24ClFN4O2. The first kappa shape index (κ1) is 21.1. The second-order valence-electron chi connectivity index (χ2n) is 7.21.